The van der Waals surface area contributed by atoms with Crippen LogP contribution in [-0.2, 0) is 0 Å². The quantitative estimate of drug-likeness (QED) is 0.198. The van der Waals surface area contributed by atoms with Crippen molar-refractivity contribution in [2.24, 2.45) is 0 Å². The van der Waals surface area contributed by atoms with Crippen LogP contribution in [0.2, 0.25) is 0 Å². The summed E-state index contributed by atoms with van der Waals surface area (Å²) in [5, 5.41) is 2.57. The fourth-order valence-corrected chi connectivity index (χ4v) is 9.93. The van der Waals surface area contributed by atoms with Gasteiger partial charge >= 0.3 is 0 Å². The summed E-state index contributed by atoms with van der Waals surface area (Å²) in [6.07, 6.45) is 0. The Morgan fingerprint density at radius 1 is 0.356 bits per heavy atom. The normalized spacial score (nSPS) is 14.2. The Labute approximate surface area is 253 Å². The van der Waals surface area contributed by atoms with E-state index < -0.39 is 0 Å². The number of hydrogen-bond donors (Lipinski definition) is 0. The molecule has 0 unspecified atom stereocenters. The van der Waals surface area contributed by atoms with Crippen LogP contribution in [0.15, 0.2) is 115 Å². The van der Waals surface area contributed by atoms with E-state index in [-0.39, 0.29) is 6.71 Å². The summed E-state index contributed by atoms with van der Waals surface area (Å²) in [4.78, 5) is 0. The van der Waals surface area contributed by atoms with Crippen LogP contribution < -0.4 is 16.4 Å². The maximum Gasteiger partial charge on any atom is 0.262 e. The minimum Gasteiger partial charge on any atom is -0.295 e. The van der Waals surface area contributed by atoms with Gasteiger partial charge in [0.15, 0.2) is 0 Å². The van der Waals surface area contributed by atoms with Gasteiger partial charge in [0, 0.05) is 33.1 Å². The molecule has 11 aromatic rings. The molecule has 0 bridgehead atoms. The third kappa shape index (κ3) is 1.82. The second-order valence-electron chi connectivity index (χ2n) is 13.0. The monoisotopic (exact) mass is 570 g/mol. The highest BCUT2D eigenvalue weighted by molar-refractivity contribution is 7.02. The Balaban J connectivity index is 1.44. The molecule has 0 fully saturated rings. The number of hydrogen-bond acceptors (Lipinski definition) is 0. The van der Waals surface area contributed by atoms with E-state index in [1.165, 1.54) is 105 Å². The van der Waals surface area contributed by atoms with Crippen molar-refractivity contribution >= 4 is 100 Å². The molecule has 0 amide bonds. The number of fused-ring (bicyclic) bond motifs is 17. The number of benzene rings is 5. The summed E-state index contributed by atoms with van der Waals surface area (Å²) in [5.41, 5.74) is 22.1. The zero-order valence-corrected chi connectivity index (χ0v) is 23.7. The Kier molecular flexibility index (Phi) is 2.89. The van der Waals surface area contributed by atoms with Gasteiger partial charge in [-0.3, -0.25) is 17.9 Å². The molecule has 0 radical (unpaired) electrons. The molecule has 5 aromatic carbocycles. The van der Waals surface area contributed by atoms with Crippen molar-refractivity contribution < 1.29 is 0 Å². The van der Waals surface area contributed by atoms with E-state index in [1.54, 1.807) is 0 Å². The molecule has 9 heterocycles. The van der Waals surface area contributed by atoms with Gasteiger partial charge in [0.2, 0.25) is 0 Å². The molecule has 0 atom stereocenters. The van der Waals surface area contributed by atoms with Gasteiger partial charge in [-0.05, 0) is 54.0 Å². The van der Waals surface area contributed by atoms with Crippen LogP contribution in [-0.4, -0.2) is 34.0 Å². The fourth-order valence-electron chi connectivity index (χ4n) is 9.93. The molecule has 6 aromatic heterocycles. The van der Waals surface area contributed by atoms with Gasteiger partial charge in [0.05, 0.1) is 55.2 Å². The van der Waals surface area contributed by atoms with Crippen LogP contribution in [0.1, 0.15) is 0 Å². The average Bonchev–Trinajstić information content (AvgIpc) is 3.89. The summed E-state index contributed by atoms with van der Waals surface area (Å²) in [6.45, 7) is 0.0958. The minimum absolute atomic E-state index is 0.0958. The van der Waals surface area contributed by atoms with E-state index in [0.717, 1.165) is 0 Å². The third-order valence-electron chi connectivity index (χ3n) is 11.3. The summed E-state index contributed by atoms with van der Waals surface area (Å²) in [6, 6.07) is 42.9. The molecule has 7 heteroatoms. The molecule has 204 valence electrons. The minimum atomic E-state index is 0.0958. The van der Waals surface area contributed by atoms with E-state index in [1.807, 2.05) is 0 Å². The number of rotatable bonds is 0. The predicted octanol–water partition coefficient (Wildman–Crippen LogP) is 6.06. The van der Waals surface area contributed by atoms with Gasteiger partial charge in [-0.2, -0.15) is 0 Å². The van der Waals surface area contributed by atoms with E-state index in [0.29, 0.717) is 0 Å². The molecule has 0 spiro atoms. The standard InChI is InChI=1S/C38H19BN6/c1-3-12-22-20(10-1)33-35-31-37-40(24-14-5-7-16-26(24)42(33)37)28-18-9-19-29-30(28)39(31)32-36-34(21-11-2-4-13-23(21)45(36)44(22)35)43-27-17-8-6-15-25(27)41(29)38(32)43/h1-19H. The summed E-state index contributed by atoms with van der Waals surface area (Å²) in [7, 11) is 0. The summed E-state index contributed by atoms with van der Waals surface area (Å²) >= 11 is 0. The lowest BCUT2D eigenvalue weighted by atomic mass is 9.35. The van der Waals surface area contributed by atoms with Crippen LogP contribution in [0.3, 0.4) is 0 Å². The Morgan fingerprint density at radius 2 is 0.778 bits per heavy atom. The summed E-state index contributed by atoms with van der Waals surface area (Å²) in [5.74, 6) is 0. The second kappa shape index (κ2) is 6.25. The van der Waals surface area contributed by atoms with Crippen LogP contribution in [0, 0.1) is 0 Å². The average molecular weight is 570 g/mol. The van der Waals surface area contributed by atoms with Gasteiger partial charge < -0.3 is 0 Å². The third-order valence-corrected chi connectivity index (χ3v) is 11.3. The first-order valence-electron chi connectivity index (χ1n) is 15.7. The van der Waals surface area contributed by atoms with Gasteiger partial charge in [-0.25, -0.2) is 9.35 Å². The van der Waals surface area contributed by atoms with Crippen molar-refractivity contribution in [1.29, 1.82) is 0 Å². The Hall–Kier alpha value is -6.08. The van der Waals surface area contributed by atoms with Gasteiger partial charge in [-0.15, -0.1) is 0 Å². The fraction of sp³-hybridized carbons (Fsp3) is 0. The number of nitrogens with zero attached hydrogens (tertiary/aromatic N) is 6. The molecule has 0 aliphatic carbocycles. The number of para-hydroxylation sites is 6. The first kappa shape index (κ1) is 20.8. The first-order valence-corrected chi connectivity index (χ1v) is 15.7. The predicted molar refractivity (Wildman–Crippen MR) is 183 cm³/mol. The Morgan fingerprint density at radius 3 is 1.27 bits per heavy atom. The van der Waals surface area contributed by atoms with Gasteiger partial charge in [0.1, 0.15) is 11.3 Å². The van der Waals surface area contributed by atoms with Crippen LogP contribution in [0.25, 0.3) is 88.6 Å². The highest BCUT2D eigenvalue weighted by Gasteiger charge is 2.48. The molecular weight excluding hydrogens is 551 g/mol. The van der Waals surface area contributed by atoms with E-state index in [2.05, 4.69) is 143 Å². The lowest BCUT2D eigenvalue weighted by Gasteiger charge is -2.30. The van der Waals surface area contributed by atoms with Crippen molar-refractivity contribution in [3.05, 3.63) is 115 Å². The maximum absolute atomic E-state index is 2.57. The molecule has 3 aliphatic rings. The molecule has 45 heavy (non-hydrogen) atoms. The van der Waals surface area contributed by atoms with Crippen molar-refractivity contribution in [1.82, 2.24) is 27.3 Å². The lowest BCUT2D eigenvalue weighted by Crippen LogP contribution is -2.59. The van der Waals surface area contributed by atoms with Gasteiger partial charge in [-0.1, -0.05) is 66.7 Å². The molecule has 3 aliphatic heterocycles. The molecule has 0 saturated heterocycles. The highest BCUT2D eigenvalue weighted by Crippen LogP contribution is 2.45. The first-order chi connectivity index (χ1) is 22.4. The van der Waals surface area contributed by atoms with Crippen molar-refractivity contribution in [3.63, 3.8) is 0 Å². The molecule has 0 saturated carbocycles. The van der Waals surface area contributed by atoms with Crippen molar-refractivity contribution in [3.8, 4) is 11.4 Å². The zero-order chi connectivity index (χ0) is 28.4. The largest absolute Gasteiger partial charge is 0.295 e. The highest BCUT2D eigenvalue weighted by atomic mass is 15.5. The second-order valence-corrected chi connectivity index (χ2v) is 13.0. The lowest BCUT2D eigenvalue weighted by molar-refractivity contribution is 0.779. The van der Waals surface area contributed by atoms with Crippen LogP contribution in [0.5, 0.6) is 0 Å². The van der Waals surface area contributed by atoms with E-state index in [4.69, 9.17) is 0 Å². The SMILES string of the molecule is c1cc2c3c(c1)-n1c4ccccc4n4c5c6ccccc6n6c5c(c14)B3c1c3c(c4ccccc4n3-6)n3c4ccccc4n-2c13. The summed E-state index contributed by atoms with van der Waals surface area (Å²) < 4.78 is 15.4. The van der Waals surface area contributed by atoms with Crippen molar-refractivity contribution in [2.75, 3.05) is 0 Å². The molecule has 6 nitrogen and oxygen atoms in total. The topological polar surface area (TPSA) is 28.5 Å². The van der Waals surface area contributed by atoms with E-state index in [9.17, 15) is 0 Å². The molecular formula is C38H19BN6. The maximum atomic E-state index is 2.57. The van der Waals surface area contributed by atoms with Crippen LogP contribution in [0.4, 0.5) is 0 Å². The smallest absolute Gasteiger partial charge is 0.262 e. The number of imidazole rings is 2. The van der Waals surface area contributed by atoms with Crippen LogP contribution >= 0.6 is 0 Å². The zero-order valence-electron chi connectivity index (χ0n) is 23.7. The molecule has 14 rings (SSSR count). The van der Waals surface area contributed by atoms with Gasteiger partial charge in [0.25, 0.3) is 6.71 Å². The molecule has 0 N–H and O–H groups in total. The van der Waals surface area contributed by atoms with Crippen molar-refractivity contribution in [2.45, 2.75) is 0 Å². The number of aromatic nitrogens is 6. The Bertz CT molecular complexity index is 3060. The van der Waals surface area contributed by atoms with E-state index >= 15 is 0 Å².